The van der Waals surface area contributed by atoms with Crippen LogP contribution in [0.5, 0.6) is 0 Å². The SMILES string of the molecule is Cc1ccn2c(I)c(-c3nc(C(F)(F)F)nn3COP(=O)(OC(C)(C)C)OC(C)(C)C)nc2c1F. The van der Waals surface area contributed by atoms with Gasteiger partial charge in [0, 0.05) is 6.20 Å². The number of aromatic nitrogens is 5. The highest BCUT2D eigenvalue weighted by molar-refractivity contribution is 14.1. The number of hydrogen-bond donors (Lipinski definition) is 0. The average Bonchev–Trinajstić information content (AvgIpc) is 3.21. The van der Waals surface area contributed by atoms with E-state index in [1.807, 2.05) is 22.6 Å². The van der Waals surface area contributed by atoms with Gasteiger partial charge in [-0.3, -0.25) is 18.0 Å². The lowest BCUT2D eigenvalue weighted by Gasteiger charge is -2.30. The fourth-order valence-corrected chi connectivity index (χ4v) is 5.36. The molecule has 3 aromatic rings. The van der Waals surface area contributed by atoms with Gasteiger partial charge in [0.2, 0.25) is 0 Å². The van der Waals surface area contributed by atoms with Crippen molar-refractivity contribution in [2.75, 3.05) is 0 Å². The number of hydrogen-bond acceptors (Lipinski definition) is 7. The van der Waals surface area contributed by atoms with Gasteiger partial charge < -0.3 is 0 Å². The predicted molar refractivity (Wildman–Crippen MR) is 127 cm³/mol. The first-order valence-corrected chi connectivity index (χ1v) is 12.8. The summed E-state index contributed by atoms with van der Waals surface area (Å²) in [6, 6.07) is 1.51. The third-order valence-corrected chi connectivity index (χ3v) is 7.12. The molecule has 0 bridgehead atoms. The van der Waals surface area contributed by atoms with E-state index in [-0.39, 0.29) is 17.2 Å². The molecule has 3 rings (SSSR count). The van der Waals surface area contributed by atoms with Crippen LogP contribution < -0.4 is 0 Å². The van der Waals surface area contributed by atoms with Crippen LogP contribution in [0.4, 0.5) is 17.6 Å². The Balaban J connectivity index is 2.09. The zero-order chi connectivity index (χ0) is 26.6. The van der Waals surface area contributed by atoms with Crippen molar-refractivity contribution in [2.45, 2.75) is 72.6 Å². The molecular weight excluding hydrogens is 608 g/mol. The summed E-state index contributed by atoms with van der Waals surface area (Å²) in [5.41, 5.74) is -1.77. The predicted octanol–water partition coefficient (Wildman–Crippen LogP) is 6.38. The van der Waals surface area contributed by atoms with Gasteiger partial charge in [-0.15, -0.1) is 5.10 Å². The summed E-state index contributed by atoms with van der Waals surface area (Å²) in [5.74, 6) is -2.46. The Kier molecular flexibility index (Phi) is 7.48. The topological polar surface area (TPSA) is 92.8 Å². The molecule has 0 saturated heterocycles. The molecule has 194 valence electrons. The fourth-order valence-electron chi connectivity index (χ4n) is 2.88. The lowest BCUT2D eigenvalue weighted by Crippen LogP contribution is -2.25. The summed E-state index contributed by atoms with van der Waals surface area (Å²) in [6.45, 7) is 10.5. The van der Waals surface area contributed by atoms with Gasteiger partial charge in [-0.1, -0.05) is 0 Å². The number of phosphoric acid groups is 1. The lowest BCUT2D eigenvalue weighted by molar-refractivity contribution is -0.145. The van der Waals surface area contributed by atoms with E-state index in [1.165, 1.54) is 23.6 Å². The van der Waals surface area contributed by atoms with Gasteiger partial charge >= 0.3 is 14.0 Å². The van der Waals surface area contributed by atoms with Gasteiger partial charge in [0.1, 0.15) is 9.39 Å². The summed E-state index contributed by atoms with van der Waals surface area (Å²) in [6.07, 6.45) is -3.35. The number of imidazole rings is 1. The van der Waals surface area contributed by atoms with Crippen LogP contribution in [0.3, 0.4) is 0 Å². The van der Waals surface area contributed by atoms with Crippen LogP contribution in [-0.2, 0) is 31.0 Å². The molecule has 35 heavy (non-hydrogen) atoms. The van der Waals surface area contributed by atoms with Crippen molar-refractivity contribution in [3.8, 4) is 11.5 Å². The molecule has 3 heterocycles. The molecule has 0 aromatic carbocycles. The molecule has 0 amide bonds. The van der Waals surface area contributed by atoms with E-state index in [0.29, 0.717) is 9.26 Å². The molecule has 0 spiro atoms. The van der Waals surface area contributed by atoms with E-state index < -0.39 is 43.6 Å². The number of halogens is 5. The molecule has 0 aliphatic carbocycles. The van der Waals surface area contributed by atoms with Crippen molar-refractivity contribution >= 4 is 36.1 Å². The quantitative estimate of drug-likeness (QED) is 0.177. The zero-order valence-electron chi connectivity index (χ0n) is 20.1. The van der Waals surface area contributed by atoms with Gasteiger partial charge in [0.25, 0.3) is 5.82 Å². The van der Waals surface area contributed by atoms with Gasteiger partial charge in [0.15, 0.2) is 24.0 Å². The summed E-state index contributed by atoms with van der Waals surface area (Å²) >= 11 is 1.82. The second kappa shape index (κ2) is 9.36. The van der Waals surface area contributed by atoms with Crippen LogP contribution >= 0.6 is 30.4 Å². The Labute approximate surface area is 212 Å². The van der Waals surface area contributed by atoms with E-state index >= 15 is 0 Å². The van der Waals surface area contributed by atoms with Crippen molar-refractivity contribution in [3.63, 3.8) is 0 Å². The fraction of sp³-hybridized carbons (Fsp3) is 0.550. The third-order valence-electron chi connectivity index (χ3n) is 4.12. The normalized spacial score (nSPS) is 13.7. The Morgan fingerprint density at radius 1 is 1.06 bits per heavy atom. The number of nitrogens with zero attached hydrogens (tertiary/aromatic N) is 5. The first-order valence-electron chi connectivity index (χ1n) is 10.3. The molecule has 0 saturated carbocycles. The molecular formula is C20H25F4IN5O4P. The first-order chi connectivity index (χ1) is 15.8. The number of rotatable bonds is 6. The average molecular weight is 633 g/mol. The van der Waals surface area contributed by atoms with Crippen LogP contribution in [0.2, 0.25) is 0 Å². The van der Waals surface area contributed by atoms with Crippen molar-refractivity contribution in [2.24, 2.45) is 0 Å². The summed E-state index contributed by atoms with van der Waals surface area (Å²) in [5, 5.41) is 3.48. The zero-order valence-corrected chi connectivity index (χ0v) is 23.1. The molecule has 0 radical (unpaired) electrons. The number of fused-ring (bicyclic) bond motifs is 1. The molecule has 0 aliphatic heterocycles. The van der Waals surface area contributed by atoms with Gasteiger partial charge in [-0.2, -0.15) is 13.2 Å². The van der Waals surface area contributed by atoms with Crippen LogP contribution in [-0.4, -0.2) is 35.4 Å². The van der Waals surface area contributed by atoms with E-state index in [4.69, 9.17) is 13.6 Å². The number of pyridine rings is 1. The van der Waals surface area contributed by atoms with Crippen LogP contribution in [0.25, 0.3) is 17.2 Å². The Hall–Kier alpha value is -1.61. The van der Waals surface area contributed by atoms with Gasteiger partial charge in [0.05, 0.1) is 11.2 Å². The number of phosphoric ester groups is 1. The van der Waals surface area contributed by atoms with E-state index in [2.05, 4.69) is 15.1 Å². The van der Waals surface area contributed by atoms with Crippen LogP contribution in [0, 0.1) is 16.4 Å². The van der Waals surface area contributed by atoms with E-state index in [9.17, 15) is 22.1 Å². The molecule has 0 N–H and O–H groups in total. The Morgan fingerprint density at radius 3 is 2.14 bits per heavy atom. The standard InChI is InChI=1S/C20H25F4IN5O4P/c1-11-8-9-29-14(25)13(26-15(29)12(11)21)16-27-17(20(22,23)24)28-30(16)10-32-35(31,33-18(2,3)4)34-19(5,6)7/h8-9H,10H2,1-7H3. The van der Waals surface area contributed by atoms with Crippen molar-refractivity contribution in [1.82, 2.24) is 24.1 Å². The van der Waals surface area contributed by atoms with Crippen LogP contribution in [0.15, 0.2) is 12.3 Å². The molecule has 0 aliphatic rings. The summed E-state index contributed by atoms with van der Waals surface area (Å²) in [4.78, 5) is 7.75. The first kappa shape index (κ1) is 28.0. The molecule has 15 heteroatoms. The number of alkyl halides is 3. The lowest BCUT2D eigenvalue weighted by atomic mass is 10.2. The van der Waals surface area contributed by atoms with E-state index in [1.54, 1.807) is 41.5 Å². The second-order valence-corrected chi connectivity index (χ2v) is 12.2. The van der Waals surface area contributed by atoms with Crippen molar-refractivity contribution in [1.29, 1.82) is 0 Å². The minimum atomic E-state index is -4.89. The maximum atomic E-state index is 14.6. The van der Waals surface area contributed by atoms with Gasteiger partial charge in [-0.25, -0.2) is 23.6 Å². The third kappa shape index (κ3) is 6.59. The van der Waals surface area contributed by atoms with Gasteiger partial charge in [-0.05, 0) is 82.7 Å². The molecule has 0 atom stereocenters. The Morgan fingerprint density at radius 2 is 1.63 bits per heavy atom. The van der Waals surface area contributed by atoms with Crippen molar-refractivity contribution < 1.29 is 35.7 Å². The molecule has 0 unspecified atom stereocenters. The molecule has 9 nitrogen and oxygen atoms in total. The van der Waals surface area contributed by atoms with Crippen molar-refractivity contribution in [3.05, 3.63) is 33.2 Å². The summed E-state index contributed by atoms with van der Waals surface area (Å²) < 4.78 is 87.2. The highest BCUT2D eigenvalue weighted by atomic mass is 127. The monoisotopic (exact) mass is 633 g/mol. The minimum Gasteiger partial charge on any atom is -0.292 e. The maximum absolute atomic E-state index is 14.6. The second-order valence-electron chi connectivity index (χ2n) is 9.63. The highest BCUT2D eigenvalue weighted by Crippen LogP contribution is 2.55. The van der Waals surface area contributed by atoms with Crippen LogP contribution in [0.1, 0.15) is 52.9 Å². The largest absolute Gasteiger partial charge is 0.477 e. The smallest absolute Gasteiger partial charge is 0.292 e. The molecule has 0 fully saturated rings. The Bertz CT molecular complexity index is 1270. The van der Waals surface area contributed by atoms with E-state index in [0.717, 1.165) is 4.68 Å². The molecule has 3 aromatic heterocycles. The minimum absolute atomic E-state index is 0.0648. The maximum Gasteiger partial charge on any atom is 0.477 e. The summed E-state index contributed by atoms with van der Waals surface area (Å²) in [7, 11) is -4.28. The highest BCUT2D eigenvalue weighted by Gasteiger charge is 2.40. The number of aryl methyl sites for hydroxylation is 1.